The summed E-state index contributed by atoms with van der Waals surface area (Å²) in [7, 11) is 0. The number of aromatic nitrogens is 2. The van der Waals surface area contributed by atoms with Crippen LogP contribution >= 0.6 is 0 Å². The van der Waals surface area contributed by atoms with Gasteiger partial charge in [0.15, 0.2) is 5.69 Å². The molecule has 3 fully saturated rings. The summed E-state index contributed by atoms with van der Waals surface area (Å²) >= 11 is 0. The molecule has 1 unspecified atom stereocenters. The Labute approximate surface area is 153 Å². The van der Waals surface area contributed by atoms with Crippen molar-refractivity contribution in [3.8, 4) is 0 Å². The smallest absolute Gasteiger partial charge is 0.433 e. The Balaban J connectivity index is 1.57. The average molecular weight is 386 g/mol. The maximum absolute atomic E-state index is 13.3. The van der Waals surface area contributed by atoms with Gasteiger partial charge in [-0.15, -0.1) is 0 Å². The molecule has 0 amide bonds. The van der Waals surface area contributed by atoms with Gasteiger partial charge in [0.05, 0.1) is 18.2 Å². The average Bonchev–Trinajstić information content (AvgIpc) is 3.01. The summed E-state index contributed by atoms with van der Waals surface area (Å²) in [6.45, 7) is 4.52. The van der Waals surface area contributed by atoms with Crippen LogP contribution in [-0.2, 0) is 11.0 Å². The number of nitrogens with zero attached hydrogens (tertiary/aromatic N) is 4. The fraction of sp³-hybridized carbons (Fsp3) is 0.706. The molecule has 0 bridgehead atoms. The second-order valence-electron chi connectivity index (χ2n) is 8.06. The van der Waals surface area contributed by atoms with Gasteiger partial charge in [0.25, 0.3) is 0 Å². The second-order valence-corrected chi connectivity index (χ2v) is 8.06. The molecular weight excluding hydrogens is 365 g/mol. The van der Waals surface area contributed by atoms with Gasteiger partial charge in [0.2, 0.25) is 5.95 Å². The molecule has 1 aromatic heterocycles. The molecule has 2 saturated heterocycles. The number of halogens is 3. The van der Waals surface area contributed by atoms with Crippen LogP contribution in [0.2, 0.25) is 0 Å². The zero-order chi connectivity index (χ0) is 19.7. The van der Waals surface area contributed by atoms with Gasteiger partial charge in [-0.05, 0) is 31.6 Å². The number of aliphatic hydroxyl groups is 1. The first-order chi connectivity index (χ1) is 12.5. The molecule has 3 aliphatic rings. The number of carboxylic acid groups (broad SMARTS) is 1. The predicted octanol–water partition coefficient (Wildman–Crippen LogP) is 1.61. The van der Waals surface area contributed by atoms with Crippen LogP contribution in [0.4, 0.5) is 24.9 Å². The van der Waals surface area contributed by atoms with E-state index in [0.717, 1.165) is 6.07 Å². The molecule has 27 heavy (non-hydrogen) atoms. The molecule has 10 heteroatoms. The Morgan fingerprint density at radius 3 is 2.44 bits per heavy atom. The molecule has 2 N–H and O–H groups in total. The van der Waals surface area contributed by atoms with E-state index in [1.807, 2.05) is 0 Å². The molecule has 7 nitrogen and oxygen atoms in total. The van der Waals surface area contributed by atoms with Crippen molar-refractivity contribution < 1.29 is 28.2 Å². The van der Waals surface area contributed by atoms with Crippen molar-refractivity contribution in [2.45, 2.75) is 38.1 Å². The summed E-state index contributed by atoms with van der Waals surface area (Å²) in [5.74, 6) is -0.194. The lowest BCUT2D eigenvalue weighted by Crippen LogP contribution is -2.67. The van der Waals surface area contributed by atoms with Gasteiger partial charge in [-0.3, -0.25) is 4.79 Å². The van der Waals surface area contributed by atoms with Gasteiger partial charge >= 0.3 is 12.1 Å². The van der Waals surface area contributed by atoms with Crippen LogP contribution in [0.5, 0.6) is 0 Å². The Bertz CT molecular complexity index is 773. The normalized spacial score (nSPS) is 35.0. The summed E-state index contributed by atoms with van der Waals surface area (Å²) in [5.41, 5.74) is -2.00. The number of β-amino-alcohol motifs (C(OH)–C–C–N with tert-alkyl or cyclic N) is 1. The Kier molecular flexibility index (Phi) is 3.86. The Morgan fingerprint density at radius 2 is 1.96 bits per heavy atom. The second kappa shape index (κ2) is 5.70. The molecule has 2 aliphatic heterocycles. The van der Waals surface area contributed by atoms with E-state index in [1.165, 1.54) is 0 Å². The first-order valence-electron chi connectivity index (χ1n) is 8.89. The fourth-order valence-electron chi connectivity index (χ4n) is 4.28. The first-order valence-corrected chi connectivity index (χ1v) is 8.89. The van der Waals surface area contributed by atoms with E-state index in [-0.39, 0.29) is 48.5 Å². The van der Waals surface area contributed by atoms with Gasteiger partial charge in [-0.2, -0.15) is 18.2 Å². The van der Waals surface area contributed by atoms with E-state index >= 15 is 0 Å². The van der Waals surface area contributed by atoms with Crippen molar-refractivity contribution in [2.24, 2.45) is 17.8 Å². The van der Waals surface area contributed by atoms with E-state index in [9.17, 15) is 23.1 Å². The lowest BCUT2D eigenvalue weighted by molar-refractivity contribution is -0.141. The SMILES string of the molecule is C[C@@H]1N(c2nc(N3C[C@@H]4C(CC(=O)O)[C@@H]4C3)cc(C(F)(F)F)n2)C[C@@]1(C)O. The number of rotatable bonds is 4. The summed E-state index contributed by atoms with van der Waals surface area (Å²) < 4.78 is 40.0. The van der Waals surface area contributed by atoms with E-state index < -0.39 is 23.4 Å². The van der Waals surface area contributed by atoms with Gasteiger partial charge < -0.3 is 20.0 Å². The molecule has 1 aliphatic carbocycles. The van der Waals surface area contributed by atoms with Crippen molar-refractivity contribution >= 4 is 17.7 Å². The molecule has 4 rings (SSSR count). The van der Waals surface area contributed by atoms with Crippen LogP contribution in [-0.4, -0.2) is 57.4 Å². The highest BCUT2D eigenvalue weighted by atomic mass is 19.4. The minimum Gasteiger partial charge on any atom is -0.481 e. The summed E-state index contributed by atoms with van der Waals surface area (Å²) in [6.07, 6.45) is -4.50. The summed E-state index contributed by atoms with van der Waals surface area (Å²) in [4.78, 5) is 22.2. The van der Waals surface area contributed by atoms with Gasteiger partial charge in [0.1, 0.15) is 5.82 Å². The van der Waals surface area contributed by atoms with Crippen LogP contribution in [0.3, 0.4) is 0 Å². The molecule has 1 aromatic rings. The minimum atomic E-state index is -4.60. The lowest BCUT2D eigenvalue weighted by atomic mass is 9.87. The van der Waals surface area contributed by atoms with Gasteiger partial charge in [-0.1, -0.05) is 0 Å². The number of piperidine rings is 1. The van der Waals surface area contributed by atoms with E-state index in [1.54, 1.807) is 23.6 Å². The highest BCUT2D eigenvalue weighted by Gasteiger charge is 2.56. The van der Waals surface area contributed by atoms with Gasteiger partial charge in [-0.25, -0.2) is 4.98 Å². The molecule has 0 aromatic carbocycles. The maximum atomic E-state index is 13.3. The number of carbonyl (C=O) groups is 1. The first kappa shape index (κ1) is 18.3. The van der Waals surface area contributed by atoms with Crippen molar-refractivity contribution in [1.82, 2.24) is 9.97 Å². The number of aliphatic carboxylic acids is 1. The van der Waals surface area contributed by atoms with Crippen LogP contribution in [0.25, 0.3) is 0 Å². The number of anilines is 2. The molecular formula is C17H21F3N4O3. The third-order valence-corrected chi connectivity index (χ3v) is 6.21. The van der Waals surface area contributed by atoms with Crippen molar-refractivity contribution in [1.29, 1.82) is 0 Å². The van der Waals surface area contributed by atoms with Gasteiger partial charge in [0, 0.05) is 25.6 Å². The molecule has 3 heterocycles. The van der Waals surface area contributed by atoms with Crippen molar-refractivity contribution in [3.63, 3.8) is 0 Å². The molecule has 0 radical (unpaired) electrons. The summed E-state index contributed by atoms with van der Waals surface area (Å²) in [6, 6.07) is 0.559. The maximum Gasteiger partial charge on any atom is 0.433 e. The zero-order valence-corrected chi connectivity index (χ0v) is 14.9. The van der Waals surface area contributed by atoms with Crippen molar-refractivity contribution in [2.75, 3.05) is 29.4 Å². The Morgan fingerprint density at radius 1 is 1.33 bits per heavy atom. The van der Waals surface area contributed by atoms with Crippen LogP contribution in [0, 0.1) is 17.8 Å². The molecule has 5 atom stereocenters. The monoisotopic (exact) mass is 386 g/mol. The van der Waals surface area contributed by atoms with Crippen LogP contribution < -0.4 is 9.80 Å². The number of hydrogen-bond donors (Lipinski definition) is 2. The lowest BCUT2D eigenvalue weighted by Gasteiger charge is -2.51. The summed E-state index contributed by atoms with van der Waals surface area (Å²) in [5, 5.41) is 19.0. The zero-order valence-electron chi connectivity index (χ0n) is 14.9. The van der Waals surface area contributed by atoms with E-state index in [2.05, 4.69) is 9.97 Å². The Hall–Kier alpha value is -2.10. The quantitative estimate of drug-likeness (QED) is 0.813. The topological polar surface area (TPSA) is 89.8 Å². The third kappa shape index (κ3) is 3.09. The third-order valence-electron chi connectivity index (χ3n) is 6.21. The van der Waals surface area contributed by atoms with Crippen LogP contribution in [0.1, 0.15) is 26.0 Å². The molecule has 0 spiro atoms. The molecule has 1 saturated carbocycles. The number of alkyl halides is 3. The largest absolute Gasteiger partial charge is 0.481 e. The fourth-order valence-corrected chi connectivity index (χ4v) is 4.28. The van der Waals surface area contributed by atoms with E-state index in [4.69, 9.17) is 5.11 Å². The standard InChI is InChI=1S/C17H21F3N4O3/c1-8-16(2,27)7-24(8)15-21-12(17(18,19)20)4-13(22-15)23-5-10-9(3-14(25)26)11(10)6-23/h4,8-11,27H,3,5-7H2,1-2H3,(H,25,26)/t8-,9?,10-,11+,16+/m0/s1. The number of hydrogen-bond acceptors (Lipinski definition) is 6. The highest BCUT2D eigenvalue weighted by Crippen LogP contribution is 2.54. The van der Waals surface area contributed by atoms with Crippen molar-refractivity contribution in [3.05, 3.63) is 11.8 Å². The predicted molar refractivity (Wildman–Crippen MR) is 89.4 cm³/mol. The number of fused-ring (bicyclic) bond motifs is 1. The molecule has 148 valence electrons. The highest BCUT2D eigenvalue weighted by molar-refractivity contribution is 5.68. The van der Waals surface area contributed by atoms with Crippen LogP contribution in [0.15, 0.2) is 6.07 Å². The minimum absolute atomic E-state index is 0.0403. The number of carboxylic acids is 1. The van der Waals surface area contributed by atoms with E-state index in [0.29, 0.717) is 13.1 Å².